The highest BCUT2D eigenvalue weighted by Gasteiger charge is 2.36. The lowest BCUT2D eigenvalue weighted by Crippen LogP contribution is -2.43. The van der Waals surface area contributed by atoms with Crippen LogP contribution in [0, 0.1) is 13.8 Å². The molecule has 138 valence electrons. The van der Waals surface area contributed by atoms with Crippen LogP contribution in [0.25, 0.3) is 5.69 Å². The molecular weight excluding hydrogens is 328 g/mol. The molecule has 1 atom stereocenters. The topological polar surface area (TPSA) is 59.4 Å². The van der Waals surface area contributed by atoms with Crippen molar-refractivity contribution >= 4 is 11.6 Å². The van der Waals surface area contributed by atoms with Crippen LogP contribution in [0.4, 0.5) is 5.69 Å². The van der Waals surface area contributed by atoms with Gasteiger partial charge in [-0.1, -0.05) is 17.7 Å². The third-order valence-corrected chi connectivity index (χ3v) is 5.39. The highest BCUT2D eigenvalue weighted by molar-refractivity contribution is 5.87. The van der Waals surface area contributed by atoms with Crippen molar-refractivity contribution in [3.8, 4) is 5.69 Å². The molecule has 0 spiro atoms. The number of carbonyl (C=O) groups is 1. The lowest BCUT2D eigenvalue weighted by molar-refractivity contribution is -0.131. The van der Waals surface area contributed by atoms with Crippen molar-refractivity contribution in [2.45, 2.75) is 45.2 Å². The molecule has 0 bridgehead atoms. The number of aromatic nitrogens is 2. The molecule has 1 unspecified atom stereocenters. The first-order valence-electron chi connectivity index (χ1n) is 9.39. The van der Waals surface area contributed by atoms with Gasteiger partial charge in [0.1, 0.15) is 6.04 Å². The summed E-state index contributed by atoms with van der Waals surface area (Å²) in [6.45, 7) is 6.52. The van der Waals surface area contributed by atoms with E-state index in [0.29, 0.717) is 6.04 Å². The van der Waals surface area contributed by atoms with Crippen molar-refractivity contribution in [2.75, 3.05) is 25.1 Å². The van der Waals surface area contributed by atoms with E-state index < -0.39 is 0 Å². The van der Waals surface area contributed by atoms with Crippen LogP contribution in [0.5, 0.6) is 0 Å². The van der Waals surface area contributed by atoms with E-state index in [-0.39, 0.29) is 11.9 Å². The van der Waals surface area contributed by atoms with Crippen molar-refractivity contribution in [3.63, 3.8) is 0 Å². The van der Waals surface area contributed by atoms with Crippen molar-refractivity contribution in [1.29, 1.82) is 0 Å². The Hall–Kier alpha value is -2.34. The largest absolute Gasteiger partial charge is 0.381 e. The molecule has 0 aliphatic carbocycles. The van der Waals surface area contributed by atoms with Crippen LogP contribution in [-0.2, 0) is 9.53 Å². The van der Waals surface area contributed by atoms with Crippen LogP contribution in [0.1, 0.15) is 30.4 Å². The van der Waals surface area contributed by atoms with Crippen LogP contribution >= 0.6 is 0 Å². The van der Waals surface area contributed by atoms with Gasteiger partial charge in [0.25, 0.3) is 0 Å². The summed E-state index contributed by atoms with van der Waals surface area (Å²) in [5.74, 6) is 0.205. The summed E-state index contributed by atoms with van der Waals surface area (Å²) in [6.07, 6.45) is 6.49. The monoisotopic (exact) mass is 354 g/mol. The Labute approximate surface area is 154 Å². The Balaban J connectivity index is 1.43. The fourth-order valence-electron chi connectivity index (χ4n) is 3.99. The number of hydrogen-bond donors (Lipinski definition) is 1. The number of hydrogen-bond acceptors (Lipinski definition) is 4. The maximum atomic E-state index is 12.8. The van der Waals surface area contributed by atoms with E-state index in [4.69, 9.17) is 4.74 Å². The van der Waals surface area contributed by atoms with Gasteiger partial charge in [0.05, 0.1) is 23.8 Å². The van der Waals surface area contributed by atoms with Crippen molar-refractivity contribution in [2.24, 2.45) is 0 Å². The maximum absolute atomic E-state index is 12.8. The molecule has 0 saturated carbocycles. The molecule has 1 N–H and O–H groups in total. The number of nitrogens with one attached hydrogen (secondary N) is 1. The minimum Gasteiger partial charge on any atom is -0.381 e. The maximum Gasteiger partial charge on any atom is 0.245 e. The Kier molecular flexibility index (Phi) is 4.68. The molecule has 4 rings (SSSR count). The Morgan fingerprint density at radius 1 is 1.19 bits per heavy atom. The normalized spacial score (nSPS) is 21.4. The number of benzene rings is 1. The number of rotatable bonds is 4. The first-order chi connectivity index (χ1) is 12.6. The number of likely N-dealkylation sites (tertiary alicyclic amines) is 1. The van der Waals surface area contributed by atoms with E-state index in [2.05, 4.69) is 42.5 Å². The molecule has 1 aromatic carbocycles. The minimum atomic E-state index is -0.158. The van der Waals surface area contributed by atoms with E-state index in [1.165, 1.54) is 11.1 Å². The third-order valence-electron chi connectivity index (χ3n) is 5.39. The van der Waals surface area contributed by atoms with E-state index >= 15 is 0 Å². The number of amides is 1. The molecule has 2 aliphatic rings. The SMILES string of the molecule is Cc1ccc(-n2cc(NC3CCN(C4CCOCC4)C3=O)cn2)c(C)c1. The van der Waals surface area contributed by atoms with Crippen LogP contribution < -0.4 is 5.32 Å². The Morgan fingerprint density at radius 2 is 2.00 bits per heavy atom. The van der Waals surface area contributed by atoms with Crippen LogP contribution in [0.2, 0.25) is 0 Å². The van der Waals surface area contributed by atoms with Crippen LogP contribution in [0.15, 0.2) is 30.6 Å². The van der Waals surface area contributed by atoms with E-state index in [1.807, 2.05) is 15.8 Å². The second kappa shape index (κ2) is 7.11. The van der Waals surface area contributed by atoms with Gasteiger partial charge in [0.2, 0.25) is 5.91 Å². The molecule has 2 aromatic rings. The zero-order valence-corrected chi connectivity index (χ0v) is 15.4. The lowest BCUT2D eigenvalue weighted by Gasteiger charge is -2.31. The average molecular weight is 354 g/mol. The molecule has 1 aromatic heterocycles. The highest BCUT2D eigenvalue weighted by Crippen LogP contribution is 2.24. The summed E-state index contributed by atoms with van der Waals surface area (Å²) in [4.78, 5) is 14.8. The predicted molar refractivity (Wildman–Crippen MR) is 101 cm³/mol. The van der Waals surface area contributed by atoms with E-state index in [9.17, 15) is 4.79 Å². The molecule has 26 heavy (non-hydrogen) atoms. The standard InChI is InChI=1S/C20H26N4O2/c1-14-3-4-19(15(2)11-14)24-13-16(12-21-24)22-18-5-8-23(20(18)25)17-6-9-26-10-7-17/h3-4,11-13,17-18,22H,5-10H2,1-2H3. The molecule has 2 fully saturated rings. The van der Waals surface area contributed by atoms with Crippen molar-refractivity contribution < 1.29 is 9.53 Å². The van der Waals surface area contributed by atoms with Gasteiger partial charge in [0.15, 0.2) is 0 Å². The van der Waals surface area contributed by atoms with E-state index in [0.717, 1.165) is 50.4 Å². The number of ether oxygens (including phenoxy) is 1. The fraction of sp³-hybridized carbons (Fsp3) is 0.500. The number of nitrogens with zero attached hydrogens (tertiary/aromatic N) is 3. The van der Waals surface area contributed by atoms with Gasteiger partial charge in [-0.3, -0.25) is 4.79 Å². The average Bonchev–Trinajstić information content (AvgIpc) is 3.24. The Bertz CT molecular complexity index is 795. The molecule has 0 radical (unpaired) electrons. The fourth-order valence-corrected chi connectivity index (χ4v) is 3.99. The highest BCUT2D eigenvalue weighted by atomic mass is 16.5. The first kappa shape index (κ1) is 17.1. The van der Waals surface area contributed by atoms with Gasteiger partial charge in [-0.2, -0.15) is 5.10 Å². The minimum absolute atomic E-state index is 0.158. The first-order valence-corrected chi connectivity index (χ1v) is 9.39. The van der Waals surface area contributed by atoms with Gasteiger partial charge in [-0.25, -0.2) is 4.68 Å². The second-order valence-corrected chi connectivity index (χ2v) is 7.32. The molecule has 2 saturated heterocycles. The van der Waals surface area contributed by atoms with Gasteiger partial charge in [0, 0.05) is 25.8 Å². The van der Waals surface area contributed by atoms with Gasteiger partial charge < -0.3 is 15.0 Å². The summed E-state index contributed by atoms with van der Waals surface area (Å²) in [6, 6.07) is 6.49. The number of carbonyl (C=O) groups excluding carboxylic acids is 1. The lowest BCUT2D eigenvalue weighted by atomic mass is 10.1. The van der Waals surface area contributed by atoms with Crippen LogP contribution in [0.3, 0.4) is 0 Å². The third kappa shape index (κ3) is 3.33. The summed E-state index contributed by atoms with van der Waals surface area (Å²) in [5, 5.41) is 7.84. The summed E-state index contributed by atoms with van der Waals surface area (Å²) in [7, 11) is 0. The van der Waals surface area contributed by atoms with Crippen LogP contribution in [-0.4, -0.2) is 52.4 Å². The molecule has 3 heterocycles. The van der Waals surface area contributed by atoms with E-state index in [1.54, 1.807) is 6.20 Å². The zero-order chi connectivity index (χ0) is 18.1. The quantitative estimate of drug-likeness (QED) is 0.917. The summed E-state index contributed by atoms with van der Waals surface area (Å²) in [5.41, 5.74) is 4.37. The zero-order valence-electron chi connectivity index (χ0n) is 15.4. The van der Waals surface area contributed by atoms with Gasteiger partial charge in [-0.15, -0.1) is 0 Å². The number of anilines is 1. The number of aryl methyl sites for hydroxylation is 2. The molecule has 6 heteroatoms. The van der Waals surface area contributed by atoms with Gasteiger partial charge >= 0.3 is 0 Å². The predicted octanol–water partition coefficient (Wildman–Crippen LogP) is 2.68. The molecule has 2 aliphatic heterocycles. The smallest absolute Gasteiger partial charge is 0.245 e. The summed E-state index contributed by atoms with van der Waals surface area (Å²) >= 11 is 0. The second-order valence-electron chi connectivity index (χ2n) is 7.32. The van der Waals surface area contributed by atoms with Crippen molar-refractivity contribution in [3.05, 3.63) is 41.7 Å². The molecule has 6 nitrogen and oxygen atoms in total. The van der Waals surface area contributed by atoms with Gasteiger partial charge in [-0.05, 0) is 44.7 Å². The summed E-state index contributed by atoms with van der Waals surface area (Å²) < 4.78 is 7.28. The Morgan fingerprint density at radius 3 is 2.77 bits per heavy atom. The van der Waals surface area contributed by atoms with Crippen molar-refractivity contribution in [1.82, 2.24) is 14.7 Å². The molecular formula is C20H26N4O2. The molecule has 1 amide bonds.